The van der Waals surface area contributed by atoms with Crippen LogP contribution in [-0.4, -0.2) is 31.8 Å². The van der Waals surface area contributed by atoms with E-state index in [-0.39, 0.29) is 0 Å². The summed E-state index contributed by atoms with van der Waals surface area (Å²) >= 11 is 1.94. The van der Waals surface area contributed by atoms with Crippen molar-refractivity contribution in [3.8, 4) is 11.5 Å². The Labute approximate surface area is 132 Å². The molecule has 0 amide bonds. The molecule has 1 aromatic carbocycles. The highest BCUT2D eigenvalue weighted by molar-refractivity contribution is 7.98. The van der Waals surface area contributed by atoms with Crippen LogP contribution >= 0.6 is 11.8 Å². The molecule has 118 valence electrons. The van der Waals surface area contributed by atoms with Gasteiger partial charge >= 0.3 is 0 Å². The molecule has 1 atom stereocenters. The van der Waals surface area contributed by atoms with Gasteiger partial charge in [0.1, 0.15) is 13.2 Å². The number of unbranched alkanes of at least 4 members (excludes halogenated alkanes) is 3. The number of hydrogen-bond donors (Lipinski definition) is 1. The van der Waals surface area contributed by atoms with Crippen LogP contribution < -0.4 is 14.8 Å². The molecular formula is C17H27NO2S. The SMILES string of the molecule is CSCCCCCCNC(C)c1ccc2c(c1)OCCO2. The molecule has 1 unspecified atom stereocenters. The zero-order valence-corrected chi connectivity index (χ0v) is 14.0. The highest BCUT2D eigenvalue weighted by Crippen LogP contribution is 2.32. The lowest BCUT2D eigenvalue weighted by atomic mass is 10.1. The number of hydrogen-bond acceptors (Lipinski definition) is 4. The Balaban J connectivity index is 1.69. The molecule has 1 aromatic rings. The molecule has 3 nitrogen and oxygen atoms in total. The van der Waals surface area contributed by atoms with Gasteiger partial charge in [0.15, 0.2) is 11.5 Å². The normalized spacial score (nSPS) is 15.0. The Morgan fingerprint density at radius 3 is 2.67 bits per heavy atom. The van der Waals surface area contributed by atoms with Gasteiger partial charge in [0.05, 0.1) is 0 Å². The standard InChI is InChI=1S/C17H27NO2S/c1-14(18-9-5-3-4-6-12-21-2)15-7-8-16-17(13-15)20-11-10-19-16/h7-8,13-14,18H,3-6,9-12H2,1-2H3. The fourth-order valence-corrected chi connectivity index (χ4v) is 2.98. The fraction of sp³-hybridized carbons (Fsp3) is 0.647. The third-order valence-electron chi connectivity index (χ3n) is 3.79. The average Bonchev–Trinajstić information content (AvgIpc) is 2.53. The second-order valence-electron chi connectivity index (χ2n) is 5.49. The van der Waals surface area contributed by atoms with Gasteiger partial charge in [-0.1, -0.05) is 18.9 Å². The molecule has 1 heterocycles. The molecule has 1 aliphatic heterocycles. The number of rotatable bonds is 9. The number of ether oxygens (including phenoxy) is 2. The lowest BCUT2D eigenvalue weighted by molar-refractivity contribution is 0.171. The molecule has 0 aliphatic carbocycles. The summed E-state index contributed by atoms with van der Waals surface area (Å²) in [5, 5.41) is 3.60. The summed E-state index contributed by atoms with van der Waals surface area (Å²) < 4.78 is 11.2. The molecule has 0 spiro atoms. The molecule has 0 bridgehead atoms. The lowest BCUT2D eigenvalue weighted by Gasteiger charge is -2.21. The second kappa shape index (κ2) is 9.21. The van der Waals surface area contributed by atoms with E-state index >= 15 is 0 Å². The van der Waals surface area contributed by atoms with Crippen LogP contribution in [0.3, 0.4) is 0 Å². The first kappa shape index (κ1) is 16.5. The van der Waals surface area contributed by atoms with E-state index in [0.717, 1.165) is 18.0 Å². The van der Waals surface area contributed by atoms with Crippen molar-refractivity contribution < 1.29 is 9.47 Å². The minimum Gasteiger partial charge on any atom is -0.486 e. The predicted molar refractivity (Wildman–Crippen MR) is 90.7 cm³/mol. The summed E-state index contributed by atoms with van der Waals surface area (Å²) in [6, 6.07) is 6.60. The summed E-state index contributed by atoms with van der Waals surface area (Å²) in [6.45, 7) is 4.58. The molecular weight excluding hydrogens is 282 g/mol. The quantitative estimate of drug-likeness (QED) is 0.698. The molecule has 2 rings (SSSR count). The number of fused-ring (bicyclic) bond motifs is 1. The lowest BCUT2D eigenvalue weighted by Crippen LogP contribution is -2.20. The van der Waals surface area contributed by atoms with Crippen molar-refractivity contribution in [1.29, 1.82) is 0 Å². The van der Waals surface area contributed by atoms with Crippen LogP contribution in [0.2, 0.25) is 0 Å². The summed E-state index contributed by atoms with van der Waals surface area (Å²) in [4.78, 5) is 0. The van der Waals surface area contributed by atoms with Crippen molar-refractivity contribution in [1.82, 2.24) is 5.32 Å². The van der Waals surface area contributed by atoms with Crippen LogP contribution in [0.1, 0.15) is 44.2 Å². The van der Waals surface area contributed by atoms with Crippen molar-refractivity contribution in [2.45, 2.75) is 38.6 Å². The molecule has 0 fully saturated rings. The third-order valence-corrected chi connectivity index (χ3v) is 4.49. The van der Waals surface area contributed by atoms with Crippen LogP contribution in [0.4, 0.5) is 0 Å². The zero-order valence-electron chi connectivity index (χ0n) is 13.2. The Morgan fingerprint density at radius 2 is 1.86 bits per heavy atom. The van der Waals surface area contributed by atoms with E-state index in [1.165, 1.54) is 37.0 Å². The molecule has 0 saturated carbocycles. The van der Waals surface area contributed by atoms with Gasteiger partial charge in [0.2, 0.25) is 0 Å². The predicted octanol–water partition coefficient (Wildman–Crippen LogP) is 4.03. The highest BCUT2D eigenvalue weighted by atomic mass is 32.2. The maximum Gasteiger partial charge on any atom is 0.161 e. The van der Waals surface area contributed by atoms with E-state index in [1.807, 2.05) is 17.8 Å². The van der Waals surface area contributed by atoms with Gasteiger partial charge in [-0.2, -0.15) is 11.8 Å². The van der Waals surface area contributed by atoms with E-state index in [0.29, 0.717) is 19.3 Å². The minimum absolute atomic E-state index is 0.354. The fourth-order valence-electron chi connectivity index (χ4n) is 2.49. The van der Waals surface area contributed by atoms with E-state index in [1.54, 1.807) is 0 Å². The van der Waals surface area contributed by atoms with Crippen molar-refractivity contribution >= 4 is 11.8 Å². The molecule has 0 aromatic heterocycles. The van der Waals surface area contributed by atoms with E-state index in [2.05, 4.69) is 30.6 Å². The van der Waals surface area contributed by atoms with Gasteiger partial charge < -0.3 is 14.8 Å². The van der Waals surface area contributed by atoms with E-state index < -0.39 is 0 Å². The summed E-state index contributed by atoms with van der Waals surface area (Å²) in [5.74, 6) is 3.04. The second-order valence-corrected chi connectivity index (χ2v) is 6.47. The number of benzene rings is 1. The smallest absolute Gasteiger partial charge is 0.161 e. The maximum absolute atomic E-state index is 5.64. The van der Waals surface area contributed by atoms with Crippen molar-refractivity contribution in [3.05, 3.63) is 23.8 Å². The van der Waals surface area contributed by atoms with Crippen molar-refractivity contribution in [2.24, 2.45) is 0 Å². The van der Waals surface area contributed by atoms with E-state index in [4.69, 9.17) is 9.47 Å². The first-order valence-electron chi connectivity index (χ1n) is 7.93. The van der Waals surface area contributed by atoms with E-state index in [9.17, 15) is 0 Å². The Kier molecular flexibility index (Phi) is 7.24. The summed E-state index contributed by atoms with van der Waals surface area (Å²) in [6.07, 6.45) is 7.45. The average molecular weight is 309 g/mol. The summed E-state index contributed by atoms with van der Waals surface area (Å²) in [7, 11) is 0. The number of nitrogens with one attached hydrogen (secondary N) is 1. The Bertz CT molecular complexity index is 425. The Hall–Kier alpha value is -0.870. The maximum atomic E-state index is 5.64. The van der Waals surface area contributed by atoms with Gasteiger partial charge in [-0.15, -0.1) is 0 Å². The van der Waals surface area contributed by atoms with Crippen LogP contribution in [0.5, 0.6) is 11.5 Å². The molecule has 1 aliphatic rings. The van der Waals surface area contributed by atoms with Gasteiger partial charge in [-0.25, -0.2) is 0 Å². The molecule has 0 radical (unpaired) electrons. The first-order chi connectivity index (χ1) is 10.3. The Morgan fingerprint density at radius 1 is 1.10 bits per heavy atom. The molecule has 4 heteroatoms. The molecule has 1 N–H and O–H groups in total. The van der Waals surface area contributed by atoms with Gasteiger partial charge in [0.25, 0.3) is 0 Å². The summed E-state index contributed by atoms with van der Waals surface area (Å²) in [5.41, 5.74) is 1.27. The highest BCUT2D eigenvalue weighted by Gasteiger charge is 2.13. The molecule has 0 saturated heterocycles. The van der Waals surface area contributed by atoms with Crippen LogP contribution in [-0.2, 0) is 0 Å². The molecule has 21 heavy (non-hydrogen) atoms. The van der Waals surface area contributed by atoms with Crippen molar-refractivity contribution in [3.63, 3.8) is 0 Å². The third kappa shape index (κ3) is 5.44. The topological polar surface area (TPSA) is 30.5 Å². The van der Waals surface area contributed by atoms with Gasteiger partial charge in [0, 0.05) is 6.04 Å². The minimum atomic E-state index is 0.354. The van der Waals surface area contributed by atoms with Crippen molar-refractivity contribution in [2.75, 3.05) is 31.8 Å². The van der Waals surface area contributed by atoms with Crippen LogP contribution in [0.25, 0.3) is 0 Å². The largest absolute Gasteiger partial charge is 0.486 e. The van der Waals surface area contributed by atoms with Gasteiger partial charge in [-0.05, 0) is 56.0 Å². The van der Waals surface area contributed by atoms with Crippen LogP contribution in [0.15, 0.2) is 18.2 Å². The van der Waals surface area contributed by atoms with Crippen LogP contribution in [0, 0.1) is 0 Å². The monoisotopic (exact) mass is 309 g/mol. The first-order valence-corrected chi connectivity index (χ1v) is 9.32. The zero-order chi connectivity index (χ0) is 14.9. The number of thioether (sulfide) groups is 1. The van der Waals surface area contributed by atoms with Gasteiger partial charge in [-0.3, -0.25) is 0 Å².